The molecule has 0 spiro atoms. The maximum Gasteiger partial charge on any atom is 0.220 e. The zero-order valence-corrected chi connectivity index (χ0v) is 12.3. The Morgan fingerprint density at radius 3 is 3.11 bits per heavy atom. The minimum atomic E-state index is 0. The normalized spacial score (nSPS) is 23.2. The Bertz CT molecular complexity index is 356. The molecule has 1 saturated heterocycles. The van der Waals surface area contributed by atoms with Gasteiger partial charge in [0.05, 0.1) is 0 Å². The molecule has 18 heavy (non-hydrogen) atoms. The summed E-state index contributed by atoms with van der Waals surface area (Å²) in [4.78, 5) is 13.1. The molecule has 3 nitrogen and oxygen atoms in total. The van der Waals surface area contributed by atoms with Crippen molar-refractivity contribution in [3.63, 3.8) is 0 Å². The molecule has 1 amide bonds. The van der Waals surface area contributed by atoms with Gasteiger partial charge in [-0.15, -0.1) is 23.7 Å². The third-order valence-corrected chi connectivity index (χ3v) is 4.29. The average molecular weight is 289 g/mol. The highest BCUT2D eigenvalue weighted by atomic mass is 35.5. The molecular formula is C13H21ClN2OS. The second-order valence-corrected chi connectivity index (χ2v) is 5.76. The van der Waals surface area contributed by atoms with Crippen molar-refractivity contribution in [2.45, 2.75) is 32.2 Å². The summed E-state index contributed by atoms with van der Waals surface area (Å²) in [5.41, 5.74) is 0. The van der Waals surface area contributed by atoms with Crippen molar-refractivity contribution in [1.29, 1.82) is 0 Å². The minimum absolute atomic E-state index is 0. The first-order chi connectivity index (χ1) is 8.25. The lowest BCUT2D eigenvalue weighted by molar-refractivity contribution is -0.122. The van der Waals surface area contributed by atoms with Crippen molar-refractivity contribution in [3.05, 3.63) is 22.4 Å². The van der Waals surface area contributed by atoms with Crippen LogP contribution in [-0.4, -0.2) is 25.0 Å². The van der Waals surface area contributed by atoms with E-state index in [2.05, 4.69) is 29.0 Å². The Morgan fingerprint density at radius 1 is 1.61 bits per heavy atom. The van der Waals surface area contributed by atoms with Crippen LogP contribution >= 0.6 is 23.7 Å². The van der Waals surface area contributed by atoms with Gasteiger partial charge in [0.1, 0.15) is 0 Å². The van der Waals surface area contributed by atoms with Crippen LogP contribution in [0, 0.1) is 5.92 Å². The summed E-state index contributed by atoms with van der Waals surface area (Å²) in [5.74, 6) is 0.765. The smallest absolute Gasteiger partial charge is 0.220 e. The summed E-state index contributed by atoms with van der Waals surface area (Å²) >= 11 is 1.72. The molecule has 0 saturated carbocycles. The van der Waals surface area contributed by atoms with Gasteiger partial charge in [0.15, 0.2) is 0 Å². The number of amides is 1. The van der Waals surface area contributed by atoms with Gasteiger partial charge in [-0.1, -0.05) is 13.0 Å². The van der Waals surface area contributed by atoms with Crippen molar-refractivity contribution in [2.75, 3.05) is 13.1 Å². The van der Waals surface area contributed by atoms with E-state index in [-0.39, 0.29) is 18.3 Å². The minimum Gasteiger partial charge on any atom is -0.352 e. The Morgan fingerprint density at radius 2 is 2.44 bits per heavy atom. The topological polar surface area (TPSA) is 41.1 Å². The third kappa shape index (κ3) is 4.59. The van der Waals surface area contributed by atoms with E-state index in [1.54, 1.807) is 11.3 Å². The molecule has 2 atom stereocenters. The number of carbonyl (C=O) groups excluding carboxylic acids is 1. The first-order valence-corrected chi connectivity index (χ1v) is 7.16. The zero-order chi connectivity index (χ0) is 12.1. The first-order valence-electron chi connectivity index (χ1n) is 6.28. The molecule has 0 aromatic carbocycles. The maximum atomic E-state index is 11.8. The molecule has 102 valence electrons. The first kappa shape index (κ1) is 15.5. The van der Waals surface area contributed by atoms with Crippen LogP contribution in [0.15, 0.2) is 17.5 Å². The van der Waals surface area contributed by atoms with Gasteiger partial charge in [0.25, 0.3) is 0 Å². The van der Waals surface area contributed by atoms with Gasteiger partial charge in [-0.2, -0.15) is 0 Å². The standard InChI is InChI=1S/C13H20N2OS.ClH/c1-10-6-7-14-9-12(10)15-13(16)5-4-11-3-2-8-17-11;/h2-3,8,10,12,14H,4-7,9H2,1H3,(H,15,16);1H. The predicted molar refractivity (Wildman–Crippen MR) is 78.5 cm³/mol. The van der Waals surface area contributed by atoms with Crippen molar-refractivity contribution in [2.24, 2.45) is 5.92 Å². The van der Waals surface area contributed by atoms with Gasteiger partial charge < -0.3 is 10.6 Å². The lowest BCUT2D eigenvalue weighted by atomic mass is 9.94. The van der Waals surface area contributed by atoms with Crippen molar-refractivity contribution in [1.82, 2.24) is 10.6 Å². The summed E-state index contributed by atoms with van der Waals surface area (Å²) in [7, 11) is 0. The average Bonchev–Trinajstić information content (AvgIpc) is 2.82. The fourth-order valence-corrected chi connectivity index (χ4v) is 2.86. The molecule has 1 fully saturated rings. The Balaban J connectivity index is 0.00000162. The Hall–Kier alpha value is -0.580. The fourth-order valence-electron chi connectivity index (χ4n) is 2.15. The molecular weight excluding hydrogens is 268 g/mol. The number of aryl methyl sites for hydroxylation is 1. The monoisotopic (exact) mass is 288 g/mol. The molecule has 0 aliphatic carbocycles. The molecule has 1 aromatic rings. The van der Waals surface area contributed by atoms with E-state index in [1.165, 1.54) is 4.88 Å². The Kier molecular flexibility index (Phi) is 6.68. The van der Waals surface area contributed by atoms with Crippen molar-refractivity contribution in [3.8, 4) is 0 Å². The molecule has 2 heterocycles. The number of thiophene rings is 1. The zero-order valence-electron chi connectivity index (χ0n) is 10.6. The quantitative estimate of drug-likeness (QED) is 0.892. The van der Waals surface area contributed by atoms with E-state index in [4.69, 9.17) is 0 Å². The SMILES string of the molecule is CC1CCNCC1NC(=O)CCc1cccs1.Cl. The highest BCUT2D eigenvalue weighted by Crippen LogP contribution is 2.13. The van der Waals surface area contributed by atoms with Crippen LogP contribution < -0.4 is 10.6 Å². The van der Waals surface area contributed by atoms with Gasteiger partial charge in [0.2, 0.25) is 5.91 Å². The van der Waals surface area contributed by atoms with E-state index in [1.807, 2.05) is 6.07 Å². The fraction of sp³-hybridized carbons (Fsp3) is 0.615. The predicted octanol–water partition coefficient (Wildman–Crippen LogP) is 2.22. The number of hydrogen-bond donors (Lipinski definition) is 2. The van der Waals surface area contributed by atoms with Crippen LogP contribution in [0.2, 0.25) is 0 Å². The van der Waals surface area contributed by atoms with Crippen LogP contribution in [-0.2, 0) is 11.2 Å². The summed E-state index contributed by atoms with van der Waals surface area (Å²) < 4.78 is 0. The molecule has 1 aromatic heterocycles. The summed E-state index contributed by atoms with van der Waals surface area (Å²) in [6.45, 7) is 4.19. The van der Waals surface area contributed by atoms with E-state index in [9.17, 15) is 4.79 Å². The molecule has 0 bridgehead atoms. The van der Waals surface area contributed by atoms with Crippen LogP contribution in [0.3, 0.4) is 0 Å². The molecule has 2 N–H and O–H groups in total. The number of piperidine rings is 1. The molecule has 2 unspecified atom stereocenters. The number of carbonyl (C=O) groups is 1. The lowest BCUT2D eigenvalue weighted by Crippen LogP contribution is -2.50. The van der Waals surface area contributed by atoms with Gasteiger partial charge in [-0.25, -0.2) is 0 Å². The van der Waals surface area contributed by atoms with Crippen LogP contribution in [0.4, 0.5) is 0 Å². The highest BCUT2D eigenvalue weighted by molar-refractivity contribution is 7.09. The summed E-state index contributed by atoms with van der Waals surface area (Å²) in [6.07, 6.45) is 2.61. The summed E-state index contributed by atoms with van der Waals surface area (Å²) in [6, 6.07) is 4.42. The second kappa shape index (κ2) is 7.77. The van der Waals surface area contributed by atoms with Gasteiger partial charge >= 0.3 is 0 Å². The van der Waals surface area contributed by atoms with Crippen LogP contribution in [0.5, 0.6) is 0 Å². The molecule has 0 radical (unpaired) electrons. The van der Waals surface area contributed by atoms with Crippen LogP contribution in [0.25, 0.3) is 0 Å². The molecule has 5 heteroatoms. The maximum absolute atomic E-state index is 11.8. The van der Waals surface area contributed by atoms with E-state index < -0.39 is 0 Å². The van der Waals surface area contributed by atoms with Gasteiger partial charge in [-0.05, 0) is 36.8 Å². The second-order valence-electron chi connectivity index (χ2n) is 4.72. The van der Waals surface area contributed by atoms with Crippen molar-refractivity contribution >= 4 is 29.7 Å². The van der Waals surface area contributed by atoms with Crippen molar-refractivity contribution < 1.29 is 4.79 Å². The largest absolute Gasteiger partial charge is 0.352 e. The number of halogens is 1. The molecule has 2 rings (SSSR count). The number of rotatable bonds is 4. The van der Waals surface area contributed by atoms with E-state index in [0.717, 1.165) is 25.9 Å². The lowest BCUT2D eigenvalue weighted by Gasteiger charge is -2.30. The van der Waals surface area contributed by atoms with Gasteiger partial charge in [0, 0.05) is 23.9 Å². The molecule has 1 aliphatic heterocycles. The van der Waals surface area contributed by atoms with Gasteiger partial charge in [-0.3, -0.25) is 4.79 Å². The van der Waals surface area contributed by atoms with E-state index >= 15 is 0 Å². The number of hydrogen-bond acceptors (Lipinski definition) is 3. The van der Waals surface area contributed by atoms with E-state index in [0.29, 0.717) is 18.4 Å². The summed E-state index contributed by atoms with van der Waals surface area (Å²) in [5, 5.41) is 8.52. The van der Waals surface area contributed by atoms with Crippen LogP contribution in [0.1, 0.15) is 24.6 Å². The highest BCUT2D eigenvalue weighted by Gasteiger charge is 2.22. The number of nitrogens with one attached hydrogen (secondary N) is 2. The Labute approximate surface area is 119 Å². The molecule has 1 aliphatic rings. The third-order valence-electron chi connectivity index (χ3n) is 3.35.